The lowest BCUT2D eigenvalue weighted by Gasteiger charge is -2.20. The number of hydrazone groups is 1. The van der Waals surface area contributed by atoms with Crippen molar-refractivity contribution < 1.29 is 23.9 Å². The molecule has 2 N–H and O–H groups in total. The average molecular weight is 450 g/mol. The topological polar surface area (TPSA) is 114 Å². The number of nitrogens with zero attached hydrogens (tertiary/aromatic N) is 1. The summed E-state index contributed by atoms with van der Waals surface area (Å²) in [6, 6.07) is 4.70. The number of halogens is 1. The number of allylic oxidation sites excluding steroid dienone is 2. The number of ketones is 2. The van der Waals surface area contributed by atoms with Crippen LogP contribution in [0.2, 0.25) is 5.02 Å². The van der Waals surface area contributed by atoms with Crippen LogP contribution >= 0.6 is 11.6 Å². The minimum atomic E-state index is -1.77. The molecule has 1 unspecified atom stereocenters. The Labute approximate surface area is 187 Å². The fourth-order valence-electron chi connectivity index (χ4n) is 2.40. The molecule has 31 heavy (non-hydrogen) atoms. The van der Waals surface area contributed by atoms with E-state index >= 15 is 0 Å². The number of methoxy groups -OCH3 is 1. The highest BCUT2D eigenvalue weighted by Gasteiger charge is 2.39. The van der Waals surface area contributed by atoms with Gasteiger partial charge in [-0.1, -0.05) is 17.2 Å². The Bertz CT molecular complexity index is 941. The standard InChI is InChI=1S/C22H28ClN3O5/c1-12(2)10-16(27)17(18(21(30)31-7)25-26-22(4,5)6)19(28)20(29)24-15-9-8-14(23)11-13(15)3/h8-11,17,26H,1-7H3,(H,24,29)/b25-18+. The van der Waals surface area contributed by atoms with Gasteiger partial charge in [-0.2, -0.15) is 5.10 Å². The van der Waals surface area contributed by atoms with Gasteiger partial charge in [0.1, 0.15) is 5.92 Å². The van der Waals surface area contributed by atoms with Crippen LogP contribution in [0.5, 0.6) is 0 Å². The Balaban J connectivity index is 3.42. The molecule has 1 rings (SSSR count). The summed E-state index contributed by atoms with van der Waals surface area (Å²) in [6.07, 6.45) is 1.18. The summed E-state index contributed by atoms with van der Waals surface area (Å²) in [7, 11) is 1.10. The summed E-state index contributed by atoms with van der Waals surface area (Å²) in [4.78, 5) is 50.9. The number of Topliss-reactive ketones (excluding diaryl/α,β-unsaturated/α-hetero) is 1. The highest BCUT2D eigenvalue weighted by Crippen LogP contribution is 2.20. The number of esters is 1. The SMILES string of the molecule is COC(=O)/C(=N/NC(C)(C)C)C(C(=O)C=C(C)C)C(=O)C(=O)Nc1ccc(Cl)cc1C. The van der Waals surface area contributed by atoms with Crippen LogP contribution in [-0.4, -0.2) is 41.8 Å². The first-order chi connectivity index (χ1) is 14.3. The van der Waals surface area contributed by atoms with Crippen LogP contribution in [0.25, 0.3) is 0 Å². The molecule has 0 aliphatic heterocycles. The lowest BCUT2D eigenvalue weighted by molar-refractivity contribution is -0.140. The van der Waals surface area contributed by atoms with Crippen molar-refractivity contribution >= 4 is 46.4 Å². The molecular formula is C22H28ClN3O5. The van der Waals surface area contributed by atoms with Crippen molar-refractivity contribution in [2.75, 3.05) is 12.4 Å². The van der Waals surface area contributed by atoms with Crippen LogP contribution < -0.4 is 10.7 Å². The average Bonchev–Trinajstić information content (AvgIpc) is 2.64. The van der Waals surface area contributed by atoms with E-state index in [-0.39, 0.29) is 0 Å². The molecule has 168 valence electrons. The fourth-order valence-corrected chi connectivity index (χ4v) is 2.63. The minimum Gasteiger partial charge on any atom is -0.464 e. The van der Waals surface area contributed by atoms with Gasteiger partial charge in [-0.05, 0) is 71.4 Å². The van der Waals surface area contributed by atoms with Gasteiger partial charge in [0, 0.05) is 16.2 Å². The summed E-state index contributed by atoms with van der Waals surface area (Å²) < 4.78 is 4.71. The van der Waals surface area contributed by atoms with E-state index in [1.807, 2.05) is 0 Å². The minimum absolute atomic E-state index is 0.348. The smallest absolute Gasteiger partial charge is 0.355 e. The van der Waals surface area contributed by atoms with E-state index in [1.165, 1.54) is 12.1 Å². The van der Waals surface area contributed by atoms with Gasteiger partial charge >= 0.3 is 5.97 Å². The highest BCUT2D eigenvalue weighted by molar-refractivity contribution is 6.56. The Kier molecular flexibility index (Phi) is 9.12. The molecule has 1 aromatic rings. The number of anilines is 1. The van der Waals surface area contributed by atoms with Crippen LogP contribution in [0, 0.1) is 12.8 Å². The molecule has 0 spiro atoms. The molecule has 0 fully saturated rings. The van der Waals surface area contributed by atoms with E-state index in [4.69, 9.17) is 16.3 Å². The maximum absolute atomic E-state index is 13.0. The van der Waals surface area contributed by atoms with Gasteiger partial charge in [0.15, 0.2) is 11.5 Å². The van der Waals surface area contributed by atoms with Gasteiger partial charge in [-0.25, -0.2) is 4.79 Å². The van der Waals surface area contributed by atoms with Crippen molar-refractivity contribution in [1.82, 2.24) is 5.43 Å². The number of nitrogens with one attached hydrogen (secondary N) is 2. The summed E-state index contributed by atoms with van der Waals surface area (Å²) in [5, 5.41) is 6.88. The number of amides is 1. The van der Waals surface area contributed by atoms with Crippen molar-refractivity contribution in [2.24, 2.45) is 11.0 Å². The zero-order valence-electron chi connectivity index (χ0n) is 18.8. The van der Waals surface area contributed by atoms with Crippen molar-refractivity contribution in [3.05, 3.63) is 40.4 Å². The normalized spacial score (nSPS) is 12.5. The number of ether oxygens (including phenoxy) is 1. The Morgan fingerprint density at radius 2 is 1.77 bits per heavy atom. The summed E-state index contributed by atoms with van der Waals surface area (Å²) in [5.74, 6) is -5.74. The van der Waals surface area contributed by atoms with E-state index < -0.39 is 40.6 Å². The van der Waals surface area contributed by atoms with Crippen LogP contribution in [-0.2, 0) is 23.9 Å². The number of hydrogen-bond donors (Lipinski definition) is 2. The molecule has 0 radical (unpaired) electrons. The number of aryl methyl sites for hydroxylation is 1. The molecule has 1 amide bonds. The van der Waals surface area contributed by atoms with Crippen molar-refractivity contribution in [3.63, 3.8) is 0 Å². The Morgan fingerprint density at radius 3 is 2.26 bits per heavy atom. The predicted molar refractivity (Wildman–Crippen MR) is 120 cm³/mol. The molecule has 1 aromatic carbocycles. The fraction of sp³-hybridized carbons (Fsp3) is 0.409. The van der Waals surface area contributed by atoms with Gasteiger partial charge in [0.2, 0.25) is 5.78 Å². The molecule has 0 aromatic heterocycles. The maximum atomic E-state index is 13.0. The molecule has 0 saturated heterocycles. The maximum Gasteiger partial charge on any atom is 0.355 e. The van der Waals surface area contributed by atoms with Gasteiger partial charge in [0.25, 0.3) is 5.91 Å². The molecule has 0 aliphatic carbocycles. The summed E-state index contributed by atoms with van der Waals surface area (Å²) in [6.45, 7) is 10.3. The van der Waals surface area contributed by atoms with Gasteiger partial charge in [-0.3, -0.25) is 14.4 Å². The number of benzene rings is 1. The first-order valence-electron chi connectivity index (χ1n) is 9.50. The highest BCUT2D eigenvalue weighted by atomic mass is 35.5. The first-order valence-corrected chi connectivity index (χ1v) is 9.87. The van der Waals surface area contributed by atoms with Crippen LogP contribution in [0.4, 0.5) is 5.69 Å². The van der Waals surface area contributed by atoms with E-state index in [0.29, 0.717) is 21.8 Å². The molecule has 0 saturated carbocycles. The Morgan fingerprint density at radius 1 is 1.16 bits per heavy atom. The second-order valence-corrected chi connectivity index (χ2v) is 8.62. The summed E-state index contributed by atoms with van der Waals surface area (Å²) in [5.41, 5.74) is 3.18. The quantitative estimate of drug-likeness (QED) is 0.157. The molecular weight excluding hydrogens is 422 g/mol. The third kappa shape index (κ3) is 7.97. The van der Waals surface area contributed by atoms with E-state index in [1.54, 1.807) is 53.7 Å². The Hall–Kier alpha value is -3.00. The number of carbonyl (C=O) groups is 4. The predicted octanol–water partition coefficient (Wildman–Crippen LogP) is 3.22. The summed E-state index contributed by atoms with van der Waals surface area (Å²) >= 11 is 5.92. The van der Waals surface area contributed by atoms with Crippen LogP contribution in [0.15, 0.2) is 34.9 Å². The number of carbonyl (C=O) groups excluding carboxylic acids is 4. The van der Waals surface area contributed by atoms with Crippen LogP contribution in [0.3, 0.4) is 0 Å². The lowest BCUT2D eigenvalue weighted by atomic mass is 9.91. The zero-order valence-corrected chi connectivity index (χ0v) is 19.5. The number of rotatable bonds is 8. The van der Waals surface area contributed by atoms with Gasteiger partial charge < -0.3 is 15.5 Å². The van der Waals surface area contributed by atoms with Gasteiger partial charge in [0.05, 0.1) is 7.11 Å². The second kappa shape index (κ2) is 10.9. The monoisotopic (exact) mass is 449 g/mol. The molecule has 9 heteroatoms. The van der Waals surface area contributed by atoms with E-state index in [0.717, 1.165) is 7.11 Å². The van der Waals surface area contributed by atoms with Gasteiger partial charge in [-0.15, -0.1) is 0 Å². The lowest BCUT2D eigenvalue weighted by Crippen LogP contribution is -2.44. The zero-order chi connectivity index (χ0) is 23.9. The third-order valence-electron chi connectivity index (χ3n) is 3.82. The van der Waals surface area contributed by atoms with Crippen molar-refractivity contribution in [1.29, 1.82) is 0 Å². The molecule has 8 nitrogen and oxygen atoms in total. The molecule has 1 atom stereocenters. The molecule has 0 bridgehead atoms. The first kappa shape index (κ1) is 26.0. The molecule has 0 aliphatic rings. The van der Waals surface area contributed by atoms with Crippen LogP contribution in [0.1, 0.15) is 40.2 Å². The molecule has 0 heterocycles. The largest absolute Gasteiger partial charge is 0.464 e. The number of hydrogen-bond acceptors (Lipinski definition) is 7. The van der Waals surface area contributed by atoms with Crippen molar-refractivity contribution in [2.45, 2.75) is 47.1 Å². The van der Waals surface area contributed by atoms with E-state index in [2.05, 4.69) is 15.8 Å². The van der Waals surface area contributed by atoms with Crippen molar-refractivity contribution in [3.8, 4) is 0 Å². The second-order valence-electron chi connectivity index (χ2n) is 8.19. The van der Waals surface area contributed by atoms with E-state index in [9.17, 15) is 19.2 Å². The third-order valence-corrected chi connectivity index (χ3v) is 4.05.